The number of carbonyl (C=O) groups is 2. The van der Waals surface area contributed by atoms with Crippen LogP contribution in [0, 0.1) is 11.7 Å². The van der Waals surface area contributed by atoms with E-state index >= 15 is 0 Å². The van der Waals surface area contributed by atoms with Crippen LogP contribution in [0.4, 0.5) is 4.39 Å². The Hall–Kier alpha value is -2.73. The van der Waals surface area contributed by atoms with E-state index in [9.17, 15) is 14.0 Å². The third-order valence-electron chi connectivity index (χ3n) is 5.58. The van der Waals surface area contributed by atoms with Gasteiger partial charge in [0.2, 0.25) is 5.91 Å². The molecule has 2 amide bonds. The highest BCUT2D eigenvalue weighted by atomic mass is 19.1. The van der Waals surface area contributed by atoms with E-state index in [1.165, 1.54) is 29.8 Å². The predicted octanol–water partition coefficient (Wildman–Crippen LogP) is 3.36. The summed E-state index contributed by atoms with van der Waals surface area (Å²) in [6.45, 7) is 6.24. The number of carbonyl (C=O) groups excluding carboxylic acids is 2. The monoisotopic (exact) mass is 411 g/mol. The van der Waals surface area contributed by atoms with Crippen molar-refractivity contribution in [1.82, 2.24) is 15.5 Å². The van der Waals surface area contributed by atoms with E-state index in [4.69, 9.17) is 0 Å². The quantitative estimate of drug-likeness (QED) is 0.700. The highest BCUT2D eigenvalue weighted by Crippen LogP contribution is 2.19. The molecule has 0 aliphatic carbocycles. The minimum atomic E-state index is -0.647. The van der Waals surface area contributed by atoms with E-state index in [-0.39, 0.29) is 23.8 Å². The van der Waals surface area contributed by atoms with E-state index in [0.29, 0.717) is 12.1 Å². The van der Waals surface area contributed by atoms with Crippen molar-refractivity contribution in [3.05, 3.63) is 71.5 Å². The molecule has 0 radical (unpaired) electrons. The Labute approximate surface area is 177 Å². The summed E-state index contributed by atoms with van der Waals surface area (Å²) < 4.78 is 13.1. The molecule has 1 aliphatic rings. The molecule has 30 heavy (non-hydrogen) atoms. The average Bonchev–Trinajstić information content (AvgIpc) is 3.18. The van der Waals surface area contributed by atoms with Crippen molar-refractivity contribution in [2.45, 2.75) is 45.3 Å². The zero-order chi connectivity index (χ0) is 21.5. The van der Waals surface area contributed by atoms with Crippen LogP contribution in [0.15, 0.2) is 54.6 Å². The average molecular weight is 412 g/mol. The zero-order valence-electron chi connectivity index (χ0n) is 17.6. The summed E-state index contributed by atoms with van der Waals surface area (Å²) >= 11 is 0. The van der Waals surface area contributed by atoms with Crippen LogP contribution in [-0.2, 0) is 11.3 Å². The number of nitrogens with zero attached hydrogens (tertiary/aromatic N) is 1. The van der Waals surface area contributed by atoms with Gasteiger partial charge in [-0.2, -0.15) is 0 Å². The Morgan fingerprint density at radius 1 is 1.10 bits per heavy atom. The van der Waals surface area contributed by atoms with Crippen LogP contribution in [0.2, 0.25) is 0 Å². The first-order valence-corrected chi connectivity index (χ1v) is 10.6. The van der Waals surface area contributed by atoms with Crippen LogP contribution in [0.25, 0.3) is 0 Å². The van der Waals surface area contributed by atoms with Crippen molar-refractivity contribution < 1.29 is 14.0 Å². The molecule has 2 aromatic rings. The second-order valence-corrected chi connectivity index (χ2v) is 8.20. The lowest BCUT2D eigenvalue weighted by molar-refractivity contribution is -0.124. The molecule has 6 heteroatoms. The maximum atomic E-state index is 13.1. The van der Waals surface area contributed by atoms with Gasteiger partial charge in [0.25, 0.3) is 5.91 Å². The first-order chi connectivity index (χ1) is 14.4. The largest absolute Gasteiger partial charge is 0.353 e. The molecule has 1 heterocycles. The standard InChI is InChI=1S/C24H30FN3O2/c1-17(2)22(27-23(29)19-10-12-20(25)13-11-19)24(30)26-15-21-9-6-14-28(21)16-18-7-4-3-5-8-18/h3-5,7-8,10-13,17,21-22H,6,9,14-16H2,1-2H3,(H,26,30)(H,27,29)/t21-,22+/m1/s1. The molecule has 1 fully saturated rings. The van der Waals surface area contributed by atoms with Crippen LogP contribution >= 0.6 is 0 Å². The van der Waals surface area contributed by atoms with E-state index in [1.54, 1.807) is 0 Å². The lowest BCUT2D eigenvalue weighted by Crippen LogP contribution is -2.51. The second kappa shape index (κ2) is 10.3. The van der Waals surface area contributed by atoms with Crippen LogP contribution in [0.1, 0.15) is 42.6 Å². The topological polar surface area (TPSA) is 61.4 Å². The van der Waals surface area contributed by atoms with Crippen LogP contribution in [0.5, 0.6) is 0 Å². The Morgan fingerprint density at radius 2 is 1.80 bits per heavy atom. The number of rotatable bonds is 8. The molecule has 3 rings (SSSR count). The summed E-state index contributed by atoms with van der Waals surface area (Å²) in [6, 6.07) is 15.3. The molecule has 0 saturated carbocycles. The highest BCUT2D eigenvalue weighted by Gasteiger charge is 2.28. The maximum Gasteiger partial charge on any atom is 0.251 e. The van der Waals surface area contributed by atoms with Gasteiger partial charge in [0.15, 0.2) is 0 Å². The van der Waals surface area contributed by atoms with Crippen LogP contribution < -0.4 is 10.6 Å². The maximum absolute atomic E-state index is 13.1. The van der Waals surface area contributed by atoms with E-state index < -0.39 is 11.9 Å². The van der Waals surface area contributed by atoms with Crippen molar-refractivity contribution in [1.29, 1.82) is 0 Å². The van der Waals surface area contributed by atoms with E-state index in [0.717, 1.165) is 25.9 Å². The lowest BCUT2D eigenvalue weighted by atomic mass is 10.0. The Morgan fingerprint density at radius 3 is 2.47 bits per heavy atom. The molecule has 2 aromatic carbocycles. The fraction of sp³-hybridized carbons (Fsp3) is 0.417. The fourth-order valence-electron chi connectivity index (χ4n) is 3.84. The SMILES string of the molecule is CC(C)[C@H](NC(=O)c1ccc(F)cc1)C(=O)NC[C@H]1CCCN1Cc1ccccc1. The lowest BCUT2D eigenvalue weighted by Gasteiger charge is -2.27. The molecule has 1 aliphatic heterocycles. The number of benzene rings is 2. The van der Waals surface area contributed by atoms with Crippen molar-refractivity contribution >= 4 is 11.8 Å². The van der Waals surface area contributed by atoms with Gasteiger partial charge < -0.3 is 10.6 Å². The molecule has 0 bridgehead atoms. The first kappa shape index (κ1) is 22.0. The molecule has 0 aromatic heterocycles. The normalized spacial score (nSPS) is 17.7. The summed E-state index contributed by atoms with van der Waals surface area (Å²) in [4.78, 5) is 27.7. The zero-order valence-corrected chi connectivity index (χ0v) is 17.6. The van der Waals surface area contributed by atoms with Crippen LogP contribution in [-0.4, -0.2) is 41.9 Å². The van der Waals surface area contributed by atoms with Gasteiger partial charge in [-0.25, -0.2) is 4.39 Å². The summed E-state index contributed by atoms with van der Waals surface area (Å²) in [5, 5.41) is 5.82. The van der Waals surface area contributed by atoms with E-state index in [1.807, 2.05) is 32.0 Å². The third kappa shape index (κ3) is 5.89. The third-order valence-corrected chi connectivity index (χ3v) is 5.58. The second-order valence-electron chi connectivity index (χ2n) is 8.20. The molecule has 0 unspecified atom stereocenters. The van der Waals surface area contributed by atoms with Gasteiger partial charge in [-0.15, -0.1) is 0 Å². The Bertz CT molecular complexity index is 839. The summed E-state index contributed by atoms with van der Waals surface area (Å²) in [7, 11) is 0. The molecule has 160 valence electrons. The number of hydrogen-bond acceptors (Lipinski definition) is 3. The minimum absolute atomic E-state index is 0.0709. The molecule has 1 saturated heterocycles. The molecule has 0 spiro atoms. The molecule has 2 N–H and O–H groups in total. The van der Waals surface area contributed by atoms with Crippen molar-refractivity contribution in [2.24, 2.45) is 5.92 Å². The van der Waals surface area contributed by atoms with Gasteiger partial charge in [-0.05, 0) is 55.1 Å². The first-order valence-electron chi connectivity index (χ1n) is 10.6. The number of halogens is 1. The van der Waals surface area contributed by atoms with Crippen molar-refractivity contribution in [3.63, 3.8) is 0 Å². The fourth-order valence-corrected chi connectivity index (χ4v) is 3.84. The van der Waals surface area contributed by atoms with Gasteiger partial charge in [0, 0.05) is 24.7 Å². The summed E-state index contributed by atoms with van der Waals surface area (Å²) in [5.41, 5.74) is 1.60. The van der Waals surface area contributed by atoms with Gasteiger partial charge >= 0.3 is 0 Å². The smallest absolute Gasteiger partial charge is 0.251 e. The minimum Gasteiger partial charge on any atom is -0.353 e. The number of hydrogen-bond donors (Lipinski definition) is 2. The Balaban J connectivity index is 1.55. The molecule has 2 atom stereocenters. The molecule has 5 nitrogen and oxygen atoms in total. The number of nitrogens with one attached hydrogen (secondary N) is 2. The summed E-state index contributed by atoms with van der Waals surface area (Å²) in [5.74, 6) is -1.04. The summed E-state index contributed by atoms with van der Waals surface area (Å²) in [6.07, 6.45) is 2.16. The molecular formula is C24H30FN3O2. The highest BCUT2D eigenvalue weighted by molar-refractivity contribution is 5.97. The van der Waals surface area contributed by atoms with Gasteiger partial charge in [0.1, 0.15) is 11.9 Å². The predicted molar refractivity (Wildman–Crippen MR) is 115 cm³/mol. The Kier molecular flexibility index (Phi) is 7.57. The van der Waals surface area contributed by atoms with Gasteiger partial charge in [-0.1, -0.05) is 44.2 Å². The number of amides is 2. The van der Waals surface area contributed by atoms with E-state index in [2.05, 4.69) is 27.7 Å². The van der Waals surface area contributed by atoms with Crippen molar-refractivity contribution in [2.75, 3.05) is 13.1 Å². The molecular weight excluding hydrogens is 381 g/mol. The van der Waals surface area contributed by atoms with Crippen molar-refractivity contribution in [3.8, 4) is 0 Å². The van der Waals surface area contributed by atoms with Crippen LogP contribution in [0.3, 0.4) is 0 Å². The number of likely N-dealkylation sites (tertiary alicyclic amines) is 1. The van der Waals surface area contributed by atoms with Gasteiger partial charge in [0.05, 0.1) is 0 Å². The van der Waals surface area contributed by atoms with Gasteiger partial charge in [-0.3, -0.25) is 14.5 Å².